The van der Waals surface area contributed by atoms with Gasteiger partial charge in [-0.2, -0.15) is 0 Å². The van der Waals surface area contributed by atoms with E-state index in [1.165, 1.54) is 25.0 Å². The van der Waals surface area contributed by atoms with Gasteiger partial charge in [-0.3, -0.25) is 4.90 Å². The maximum absolute atomic E-state index is 13.3. The Morgan fingerprint density at radius 3 is 2.70 bits per heavy atom. The number of aliphatic imine (C=N–C) groups is 1. The third-order valence-electron chi connectivity index (χ3n) is 4.57. The van der Waals surface area contributed by atoms with Crippen LogP contribution in [0.1, 0.15) is 37.1 Å². The minimum atomic E-state index is -0.234. The molecule has 1 saturated heterocycles. The molecule has 0 radical (unpaired) electrons. The van der Waals surface area contributed by atoms with Gasteiger partial charge >= 0.3 is 0 Å². The van der Waals surface area contributed by atoms with Crippen molar-refractivity contribution in [2.75, 3.05) is 26.2 Å². The molecule has 5 nitrogen and oxygen atoms in total. The number of nitrogens with one attached hydrogen (secondary N) is 2. The lowest BCUT2D eigenvalue weighted by molar-refractivity contribution is 0.215. The molecule has 1 aliphatic heterocycles. The second-order valence-corrected chi connectivity index (χ2v) is 6.48. The van der Waals surface area contributed by atoms with Crippen LogP contribution in [0.2, 0.25) is 0 Å². The highest BCUT2D eigenvalue weighted by Gasteiger charge is 2.25. The number of hydrogen-bond donors (Lipinski definition) is 2. The number of hydrogen-bond acceptors (Lipinski definition) is 3. The summed E-state index contributed by atoms with van der Waals surface area (Å²) in [4.78, 5) is 7.03. The second-order valence-electron chi connectivity index (χ2n) is 6.48. The second kappa shape index (κ2) is 11.3. The molecular formula is C20H28FIN4O. The smallest absolute Gasteiger partial charge is 0.191 e. The zero-order valence-electron chi connectivity index (χ0n) is 15.7. The van der Waals surface area contributed by atoms with E-state index in [-0.39, 0.29) is 35.8 Å². The van der Waals surface area contributed by atoms with Crippen LogP contribution in [0, 0.1) is 5.82 Å². The number of guanidine groups is 1. The van der Waals surface area contributed by atoms with E-state index in [1.54, 1.807) is 12.3 Å². The number of furan rings is 1. The SMILES string of the molecule is CCNC(=NCc1cccc(F)c1)NCC(c1ccco1)N1CCCC1.I. The van der Waals surface area contributed by atoms with Gasteiger partial charge in [0.25, 0.3) is 0 Å². The van der Waals surface area contributed by atoms with Gasteiger partial charge in [-0.1, -0.05) is 12.1 Å². The standard InChI is InChI=1S/C20H27FN4O.HI/c1-2-22-20(23-14-16-7-5-8-17(21)13-16)24-15-18(19-9-6-12-26-19)25-10-3-4-11-25;/h5-9,12-13,18H,2-4,10-11,14-15H2,1H3,(H2,22,23,24);1H. The van der Waals surface area contributed by atoms with E-state index in [4.69, 9.17) is 4.42 Å². The predicted octanol–water partition coefficient (Wildman–Crippen LogP) is 3.93. The van der Waals surface area contributed by atoms with Crippen LogP contribution < -0.4 is 10.6 Å². The molecule has 7 heteroatoms. The highest BCUT2D eigenvalue weighted by atomic mass is 127. The van der Waals surface area contributed by atoms with E-state index >= 15 is 0 Å². The molecule has 0 bridgehead atoms. The van der Waals surface area contributed by atoms with Gasteiger partial charge in [0.2, 0.25) is 0 Å². The summed E-state index contributed by atoms with van der Waals surface area (Å²) >= 11 is 0. The minimum absolute atomic E-state index is 0. The molecule has 0 amide bonds. The van der Waals surface area contributed by atoms with Gasteiger partial charge < -0.3 is 15.1 Å². The van der Waals surface area contributed by atoms with Crippen LogP contribution in [0.3, 0.4) is 0 Å². The van der Waals surface area contributed by atoms with Crippen LogP contribution >= 0.6 is 24.0 Å². The first-order chi connectivity index (χ1) is 12.8. The van der Waals surface area contributed by atoms with Crippen molar-refractivity contribution >= 4 is 29.9 Å². The molecule has 1 fully saturated rings. The zero-order chi connectivity index (χ0) is 18.2. The topological polar surface area (TPSA) is 52.8 Å². The Labute approximate surface area is 177 Å². The van der Waals surface area contributed by atoms with E-state index in [1.807, 2.05) is 25.1 Å². The summed E-state index contributed by atoms with van der Waals surface area (Å²) in [5, 5.41) is 6.67. The predicted molar refractivity (Wildman–Crippen MR) is 117 cm³/mol. The van der Waals surface area contributed by atoms with E-state index in [0.717, 1.165) is 36.9 Å². The Balaban J connectivity index is 0.00000261. The van der Waals surface area contributed by atoms with Gasteiger partial charge in [0.15, 0.2) is 5.96 Å². The van der Waals surface area contributed by atoms with E-state index < -0.39 is 0 Å². The maximum atomic E-state index is 13.3. The van der Waals surface area contributed by atoms with Gasteiger partial charge in [0.05, 0.1) is 18.8 Å². The van der Waals surface area contributed by atoms with Crippen molar-refractivity contribution in [1.29, 1.82) is 0 Å². The molecule has 1 unspecified atom stereocenters. The molecule has 1 aliphatic rings. The first kappa shape index (κ1) is 21.7. The Bertz CT molecular complexity index is 702. The molecule has 27 heavy (non-hydrogen) atoms. The van der Waals surface area contributed by atoms with Crippen molar-refractivity contribution in [3.63, 3.8) is 0 Å². The van der Waals surface area contributed by atoms with Crippen LogP contribution in [0.4, 0.5) is 4.39 Å². The average Bonchev–Trinajstić information content (AvgIpc) is 3.34. The first-order valence-electron chi connectivity index (χ1n) is 9.30. The summed E-state index contributed by atoms with van der Waals surface area (Å²) in [6, 6.07) is 10.7. The fourth-order valence-electron chi connectivity index (χ4n) is 3.28. The molecule has 148 valence electrons. The van der Waals surface area contributed by atoms with Crippen LogP contribution in [-0.4, -0.2) is 37.0 Å². The molecule has 0 saturated carbocycles. The number of nitrogens with zero attached hydrogens (tertiary/aromatic N) is 2. The summed E-state index contributed by atoms with van der Waals surface area (Å²) in [5.74, 6) is 1.47. The van der Waals surface area contributed by atoms with Gasteiger partial charge in [0, 0.05) is 13.1 Å². The Morgan fingerprint density at radius 1 is 1.22 bits per heavy atom. The highest BCUT2D eigenvalue weighted by molar-refractivity contribution is 14.0. The molecule has 3 rings (SSSR count). The summed E-state index contributed by atoms with van der Waals surface area (Å²) in [6.45, 7) is 6.12. The molecule has 0 aliphatic carbocycles. The lowest BCUT2D eigenvalue weighted by Crippen LogP contribution is -2.42. The molecule has 1 aromatic heterocycles. The summed E-state index contributed by atoms with van der Waals surface area (Å²) in [7, 11) is 0. The molecule has 1 atom stereocenters. The van der Waals surface area contributed by atoms with Crippen molar-refractivity contribution < 1.29 is 8.81 Å². The van der Waals surface area contributed by atoms with E-state index in [0.29, 0.717) is 13.1 Å². The minimum Gasteiger partial charge on any atom is -0.468 e. The molecule has 2 heterocycles. The molecule has 2 N–H and O–H groups in total. The Morgan fingerprint density at radius 2 is 2.04 bits per heavy atom. The molecular weight excluding hydrogens is 458 g/mol. The van der Waals surface area contributed by atoms with Crippen LogP contribution in [-0.2, 0) is 6.54 Å². The zero-order valence-corrected chi connectivity index (χ0v) is 18.0. The van der Waals surface area contributed by atoms with Crippen molar-refractivity contribution in [3.8, 4) is 0 Å². The van der Waals surface area contributed by atoms with Crippen LogP contribution in [0.25, 0.3) is 0 Å². The van der Waals surface area contributed by atoms with Gasteiger partial charge in [-0.25, -0.2) is 9.38 Å². The largest absolute Gasteiger partial charge is 0.468 e. The van der Waals surface area contributed by atoms with E-state index in [2.05, 4.69) is 20.5 Å². The average molecular weight is 486 g/mol. The normalized spacial score (nSPS) is 16.0. The monoisotopic (exact) mass is 486 g/mol. The third kappa shape index (κ3) is 6.49. The molecule has 0 spiro atoms. The van der Waals surface area contributed by atoms with Crippen molar-refractivity contribution in [2.24, 2.45) is 4.99 Å². The summed E-state index contributed by atoms with van der Waals surface area (Å²) < 4.78 is 19.0. The number of halogens is 2. The fraction of sp³-hybridized carbons (Fsp3) is 0.450. The third-order valence-corrected chi connectivity index (χ3v) is 4.57. The first-order valence-corrected chi connectivity index (χ1v) is 9.30. The number of benzene rings is 1. The Hall–Kier alpha value is -1.61. The van der Waals surface area contributed by atoms with Gasteiger partial charge in [-0.15, -0.1) is 24.0 Å². The van der Waals surface area contributed by atoms with Gasteiger partial charge in [-0.05, 0) is 62.7 Å². The molecule has 1 aromatic carbocycles. The van der Waals surface area contributed by atoms with Crippen molar-refractivity contribution in [1.82, 2.24) is 15.5 Å². The highest BCUT2D eigenvalue weighted by Crippen LogP contribution is 2.24. The fourth-order valence-corrected chi connectivity index (χ4v) is 3.28. The summed E-state index contributed by atoms with van der Waals surface area (Å²) in [6.07, 6.45) is 4.18. The van der Waals surface area contributed by atoms with Crippen molar-refractivity contribution in [2.45, 2.75) is 32.4 Å². The summed E-state index contributed by atoms with van der Waals surface area (Å²) in [5.41, 5.74) is 0.851. The lowest BCUT2D eigenvalue weighted by atomic mass is 10.2. The quantitative estimate of drug-likeness (QED) is 0.354. The maximum Gasteiger partial charge on any atom is 0.191 e. The lowest BCUT2D eigenvalue weighted by Gasteiger charge is -2.26. The number of rotatable bonds is 7. The van der Waals surface area contributed by atoms with Crippen LogP contribution in [0.15, 0.2) is 52.1 Å². The van der Waals surface area contributed by atoms with Crippen molar-refractivity contribution in [3.05, 3.63) is 59.8 Å². The van der Waals surface area contributed by atoms with E-state index in [9.17, 15) is 4.39 Å². The molecule has 2 aromatic rings. The Kier molecular flexibility index (Phi) is 9.06. The number of likely N-dealkylation sites (tertiary alicyclic amines) is 1. The van der Waals surface area contributed by atoms with Gasteiger partial charge in [0.1, 0.15) is 11.6 Å². The van der Waals surface area contributed by atoms with Crippen LogP contribution in [0.5, 0.6) is 0 Å².